The Hall–Kier alpha value is -2.82. The van der Waals surface area contributed by atoms with E-state index < -0.39 is 6.10 Å². The third-order valence-electron chi connectivity index (χ3n) is 6.44. The van der Waals surface area contributed by atoms with Gasteiger partial charge in [0.15, 0.2) is 6.10 Å². The number of nitrogens with zero attached hydrogens (tertiary/aromatic N) is 1. The maximum absolute atomic E-state index is 13.2. The molecule has 1 saturated carbocycles. The maximum Gasteiger partial charge on any atom is 0.261 e. The number of carbonyl (C=O) groups excluding carboxylic acids is 2. The molecular formula is C27H34N2O3. The zero-order chi connectivity index (χ0) is 22.7. The number of ether oxygens (including phenoxy) is 1. The smallest absolute Gasteiger partial charge is 0.261 e. The minimum atomic E-state index is -0.523. The van der Waals surface area contributed by atoms with E-state index in [0.717, 1.165) is 43.4 Å². The molecule has 170 valence electrons. The lowest BCUT2D eigenvalue weighted by atomic mass is 9.87. The van der Waals surface area contributed by atoms with Crippen molar-refractivity contribution in [1.82, 2.24) is 10.2 Å². The van der Waals surface area contributed by atoms with Crippen LogP contribution in [-0.4, -0.2) is 35.9 Å². The maximum atomic E-state index is 13.2. The Morgan fingerprint density at radius 3 is 2.53 bits per heavy atom. The number of carbonyl (C=O) groups is 2. The van der Waals surface area contributed by atoms with E-state index in [1.54, 1.807) is 0 Å². The summed E-state index contributed by atoms with van der Waals surface area (Å²) in [6.07, 6.45) is 3.80. The molecule has 2 atom stereocenters. The highest BCUT2D eigenvalue weighted by Crippen LogP contribution is 2.41. The molecule has 1 N–H and O–H groups in total. The molecule has 1 fully saturated rings. The van der Waals surface area contributed by atoms with Gasteiger partial charge < -0.3 is 15.0 Å². The van der Waals surface area contributed by atoms with E-state index in [-0.39, 0.29) is 23.8 Å². The first-order valence-electron chi connectivity index (χ1n) is 12.0. The van der Waals surface area contributed by atoms with Gasteiger partial charge in [-0.1, -0.05) is 49.7 Å². The first kappa shape index (κ1) is 22.4. The van der Waals surface area contributed by atoms with Gasteiger partial charge in [-0.3, -0.25) is 9.59 Å². The summed E-state index contributed by atoms with van der Waals surface area (Å²) in [6.45, 7) is 7.45. The van der Waals surface area contributed by atoms with E-state index in [2.05, 4.69) is 47.5 Å². The fourth-order valence-corrected chi connectivity index (χ4v) is 4.43. The van der Waals surface area contributed by atoms with E-state index >= 15 is 0 Å². The third-order valence-corrected chi connectivity index (χ3v) is 6.44. The summed E-state index contributed by atoms with van der Waals surface area (Å²) in [5.74, 6) is 1.04. The molecule has 5 heteroatoms. The van der Waals surface area contributed by atoms with Crippen molar-refractivity contribution in [1.29, 1.82) is 0 Å². The van der Waals surface area contributed by atoms with Gasteiger partial charge in [-0.25, -0.2) is 0 Å². The van der Waals surface area contributed by atoms with E-state index in [0.29, 0.717) is 18.7 Å². The van der Waals surface area contributed by atoms with Crippen LogP contribution in [0.3, 0.4) is 0 Å². The Morgan fingerprint density at radius 2 is 1.88 bits per heavy atom. The van der Waals surface area contributed by atoms with Gasteiger partial charge in [-0.05, 0) is 67.9 Å². The molecule has 0 unspecified atom stereocenters. The molecule has 0 saturated heterocycles. The second kappa shape index (κ2) is 9.76. The SMILES string of the molecule is CCCNC(=O)[C@H](CC)Oc1ccc2c(c1)[C@H](c1ccc(C)cc1)N(C(=O)C1CC1)CC2. The number of hydrogen-bond acceptors (Lipinski definition) is 3. The average Bonchev–Trinajstić information content (AvgIpc) is 3.66. The van der Waals surface area contributed by atoms with E-state index in [1.165, 1.54) is 11.1 Å². The minimum absolute atomic E-state index is 0.0762. The largest absolute Gasteiger partial charge is 0.481 e. The first-order chi connectivity index (χ1) is 15.5. The first-order valence-corrected chi connectivity index (χ1v) is 12.0. The highest BCUT2D eigenvalue weighted by atomic mass is 16.5. The van der Waals surface area contributed by atoms with Crippen molar-refractivity contribution in [3.63, 3.8) is 0 Å². The van der Waals surface area contributed by atoms with Gasteiger partial charge in [0.2, 0.25) is 5.91 Å². The fraction of sp³-hybridized carbons (Fsp3) is 0.481. The second-order valence-corrected chi connectivity index (χ2v) is 9.04. The summed E-state index contributed by atoms with van der Waals surface area (Å²) in [4.78, 5) is 27.7. The van der Waals surface area contributed by atoms with Crippen LogP contribution in [0.2, 0.25) is 0 Å². The summed E-state index contributed by atoms with van der Waals surface area (Å²) in [6, 6.07) is 14.4. The summed E-state index contributed by atoms with van der Waals surface area (Å²) >= 11 is 0. The van der Waals surface area contributed by atoms with Crippen molar-refractivity contribution < 1.29 is 14.3 Å². The Morgan fingerprint density at radius 1 is 1.12 bits per heavy atom. The third kappa shape index (κ3) is 4.82. The van der Waals surface area contributed by atoms with Crippen LogP contribution < -0.4 is 10.1 Å². The normalized spacial score (nSPS) is 18.6. The van der Waals surface area contributed by atoms with Crippen molar-refractivity contribution in [2.45, 2.75) is 65.0 Å². The molecule has 0 bridgehead atoms. The Balaban J connectivity index is 1.66. The van der Waals surface area contributed by atoms with Crippen LogP contribution in [0.25, 0.3) is 0 Å². The highest BCUT2D eigenvalue weighted by Gasteiger charge is 2.39. The van der Waals surface area contributed by atoms with E-state index in [4.69, 9.17) is 4.74 Å². The summed E-state index contributed by atoms with van der Waals surface area (Å²) in [5, 5.41) is 2.93. The van der Waals surface area contributed by atoms with Crippen molar-refractivity contribution in [3.8, 4) is 5.75 Å². The van der Waals surface area contributed by atoms with Gasteiger partial charge in [0.1, 0.15) is 5.75 Å². The zero-order valence-corrected chi connectivity index (χ0v) is 19.4. The number of aryl methyl sites for hydroxylation is 1. The van der Waals surface area contributed by atoms with Crippen molar-refractivity contribution in [2.75, 3.05) is 13.1 Å². The molecule has 32 heavy (non-hydrogen) atoms. The molecule has 2 aromatic carbocycles. The number of hydrogen-bond donors (Lipinski definition) is 1. The Kier molecular flexibility index (Phi) is 6.83. The summed E-state index contributed by atoms with van der Waals surface area (Å²) in [5.41, 5.74) is 4.67. The summed E-state index contributed by atoms with van der Waals surface area (Å²) < 4.78 is 6.13. The number of amides is 2. The van der Waals surface area contributed by atoms with Crippen LogP contribution in [-0.2, 0) is 16.0 Å². The average molecular weight is 435 g/mol. The van der Waals surface area contributed by atoms with Gasteiger partial charge in [0.25, 0.3) is 5.91 Å². The van der Waals surface area contributed by atoms with E-state index in [1.807, 2.05) is 26.0 Å². The lowest BCUT2D eigenvalue weighted by Crippen LogP contribution is -2.41. The molecule has 0 spiro atoms. The standard InChI is InChI=1S/C27H34N2O3/c1-4-15-28-26(30)24(5-2)32-22-13-12-19-14-16-29(27(31)21-10-11-21)25(23(19)17-22)20-8-6-18(3)7-9-20/h6-9,12-13,17,21,24-25H,4-5,10-11,14-16H2,1-3H3,(H,28,30)/t24-,25-/m0/s1. The van der Waals surface area contributed by atoms with Crippen molar-refractivity contribution in [2.24, 2.45) is 5.92 Å². The number of benzene rings is 2. The van der Waals surface area contributed by atoms with Crippen LogP contribution in [0.1, 0.15) is 67.8 Å². The van der Waals surface area contributed by atoms with Crippen molar-refractivity contribution in [3.05, 3.63) is 64.7 Å². The highest BCUT2D eigenvalue weighted by molar-refractivity contribution is 5.82. The molecule has 0 radical (unpaired) electrons. The van der Waals surface area contributed by atoms with Crippen molar-refractivity contribution >= 4 is 11.8 Å². The molecule has 1 heterocycles. The molecule has 2 aliphatic rings. The van der Waals surface area contributed by atoms with Crippen LogP contribution in [0.4, 0.5) is 0 Å². The minimum Gasteiger partial charge on any atom is -0.481 e. The van der Waals surface area contributed by atoms with Crippen LogP contribution >= 0.6 is 0 Å². The molecule has 0 aromatic heterocycles. The summed E-state index contributed by atoms with van der Waals surface area (Å²) in [7, 11) is 0. The zero-order valence-electron chi connectivity index (χ0n) is 19.4. The van der Waals surface area contributed by atoms with Crippen LogP contribution in [0, 0.1) is 12.8 Å². The molecule has 2 amide bonds. The fourth-order valence-electron chi connectivity index (χ4n) is 4.43. The number of nitrogens with one attached hydrogen (secondary N) is 1. The number of fused-ring (bicyclic) bond motifs is 1. The van der Waals surface area contributed by atoms with Crippen LogP contribution in [0.5, 0.6) is 5.75 Å². The van der Waals surface area contributed by atoms with Gasteiger partial charge >= 0.3 is 0 Å². The van der Waals surface area contributed by atoms with Gasteiger partial charge in [-0.2, -0.15) is 0 Å². The second-order valence-electron chi connectivity index (χ2n) is 9.04. The van der Waals surface area contributed by atoms with E-state index in [9.17, 15) is 9.59 Å². The number of rotatable bonds is 8. The Bertz CT molecular complexity index is 965. The monoisotopic (exact) mass is 434 g/mol. The topological polar surface area (TPSA) is 58.6 Å². The van der Waals surface area contributed by atoms with Gasteiger partial charge in [-0.15, -0.1) is 0 Å². The van der Waals surface area contributed by atoms with Gasteiger partial charge in [0.05, 0.1) is 6.04 Å². The Labute approximate surface area is 191 Å². The lowest BCUT2D eigenvalue weighted by Gasteiger charge is -2.38. The molecule has 1 aliphatic carbocycles. The molecule has 5 nitrogen and oxygen atoms in total. The molecule has 4 rings (SSSR count). The predicted octanol–water partition coefficient (Wildman–Crippen LogP) is 4.56. The quantitative estimate of drug-likeness (QED) is 0.662. The lowest BCUT2D eigenvalue weighted by molar-refractivity contribution is -0.134. The van der Waals surface area contributed by atoms with Crippen LogP contribution in [0.15, 0.2) is 42.5 Å². The molecule has 1 aliphatic heterocycles. The molecular weight excluding hydrogens is 400 g/mol. The van der Waals surface area contributed by atoms with Gasteiger partial charge in [0, 0.05) is 19.0 Å². The predicted molar refractivity (Wildman–Crippen MR) is 126 cm³/mol. The molecule has 2 aromatic rings.